The van der Waals surface area contributed by atoms with Gasteiger partial charge in [-0.25, -0.2) is 9.07 Å². The van der Waals surface area contributed by atoms with Gasteiger partial charge in [0.1, 0.15) is 30.0 Å². The Labute approximate surface area is 182 Å². The van der Waals surface area contributed by atoms with Gasteiger partial charge in [0.2, 0.25) is 5.95 Å². The summed E-state index contributed by atoms with van der Waals surface area (Å²) in [5.41, 5.74) is 3.93. The van der Waals surface area contributed by atoms with Crippen LogP contribution in [0.3, 0.4) is 0 Å². The molecule has 152 valence electrons. The fraction of sp³-hybridized carbons (Fsp3) is 0.0833. The summed E-state index contributed by atoms with van der Waals surface area (Å²) in [7, 11) is 0. The molecular weight excluding hydrogens is 415 g/mol. The lowest BCUT2D eigenvalue weighted by atomic mass is 9.84. The first kappa shape index (κ1) is 18.2. The van der Waals surface area contributed by atoms with Crippen molar-refractivity contribution in [3.63, 3.8) is 0 Å². The van der Waals surface area contributed by atoms with E-state index in [9.17, 15) is 0 Å². The van der Waals surface area contributed by atoms with E-state index in [1.54, 1.807) is 22.9 Å². The third-order valence-corrected chi connectivity index (χ3v) is 5.91. The van der Waals surface area contributed by atoms with Crippen LogP contribution in [0.25, 0.3) is 5.70 Å². The highest BCUT2D eigenvalue weighted by atomic mass is 35.5. The van der Waals surface area contributed by atoms with E-state index in [1.165, 1.54) is 12.4 Å². The SMILES string of the molecule is Fc1ccccc1[C@@H]1C2=C(Nc3ncnn31)c1cc(Cl)ccc1O[C@@H]2c1ccccc1. The molecule has 2 aliphatic heterocycles. The summed E-state index contributed by atoms with van der Waals surface area (Å²) in [5, 5.41) is 8.38. The number of hydrogen-bond acceptors (Lipinski definition) is 4. The van der Waals surface area contributed by atoms with Crippen LogP contribution in [0.1, 0.15) is 28.8 Å². The van der Waals surface area contributed by atoms with Gasteiger partial charge in [0.15, 0.2) is 0 Å². The van der Waals surface area contributed by atoms with Gasteiger partial charge in [-0.1, -0.05) is 60.1 Å². The van der Waals surface area contributed by atoms with Crippen molar-refractivity contribution >= 4 is 23.2 Å². The summed E-state index contributed by atoms with van der Waals surface area (Å²) < 4.78 is 23.2. The second kappa shape index (κ2) is 6.96. The summed E-state index contributed by atoms with van der Waals surface area (Å²) in [6.07, 6.45) is 1.02. The Morgan fingerprint density at radius 1 is 1.00 bits per heavy atom. The Balaban J connectivity index is 1.67. The van der Waals surface area contributed by atoms with E-state index >= 15 is 4.39 Å². The zero-order valence-electron chi connectivity index (χ0n) is 16.2. The van der Waals surface area contributed by atoms with Crippen molar-refractivity contribution in [2.24, 2.45) is 0 Å². The molecule has 1 N–H and O–H groups in total. The number of nitrogens with zero attached hydrogens (tertiary/aromatic N) is 3. The molecule has 4 aromatic rings. The smallest absolute Gasteiger partial charge is 0.226 e. The maximum absolute atomic E-state index is 15.1. The minimum Gasteiger partial charge on any atom is -0.480 e. The fourth-order valence-corrected chi connectivity index (χ4v) is 4.51. The Bertz CT molecular complexity index is 1330. The summed E-state index contributed by atoms with van der Waals surface area (Å²) in [5.74, 6) is 0.919. The number of anilines is 1. The van der Waals surface area contributed by atoms with Gasteiger partial charge < -0.3 is 10.1 Å². The molecule has 6 rings (SSSR count). The molecule has 1 aromatic heterocycles. The van der Waals surface area contributed by atoms with Gasteiger partial charge >= 0.3 is 0 Å². The number of ether oxygens (including phenoxy) is 1. The average Bonchev–Trinajstić information content (AvgIpc) is 3.27. The topological polar surface area (TPSA) is 52.0 Å². The van der Waals surface area contributed by atoms with E-state index in [0.29, 0.717) is 22.3 Å². The first-order valence-corrected chi connectivity index (χ1v) is 10.2. The van der Waals surface area contributed by atoms with E-state index < -0.39 is 12.1 Å². The molecule has 7 heteroatoms. The zero-order chi connectivity index (χ0) is 20.9. The van der Waals surface area contributed by atoms with E-state index in [1.807, 2.05) is 48.5 Å². The first-order chi connectivity index (χ1) is 15.2. The fourth-order valence-electron chi connectivity index (χ4n) is 4.34. The van der Waals surface area contributed by atoms with Crippen molar-refractivity contribution in [3.05, 3.63) is 112 Å². The predicted molar refractivity (Wildman–Crippen MR) is 116 cm³/mol. The number of hydrogen-bond donors (Lipinski definition) is 1. The van der Waals surface area contributed by atoms with Gasteiger partial charge in [-0.05, 0) is 29.8 Å². The van der Waals surface area contributed by atoms with Crippen molar-refractivity contribution in [2.75, 3.05) is 5.32 Å². The van der Waals surface area contributed by atoms with Crippen LogP contribution in [0.15, 0.2) is 84.7 Å². The van der Waals surface area contributed by atoms with Gasteiger partial charge in [0, 0.05) is 21.7 Å². The van der Waals surface area contributed by atoms with Crippen LogP contribution >= 0.6 is 11.6 Å². The molecule has 2 atom stereocenters. The Morgan fingerprint density at radius 2 is 1.81 bits per heavy atom. The molecule has 0 fully saturated rings. The van der Waals surface area contributed by atoms with E-state index in [-0.39, 0.29) is 5.82 Å². The van der Waals surface area contributed by atoms with Gasteiger partial charge in [-0.2, -0.15) is 10.1 Å². The van der Waals surface area contributed by atoms with Crippen LogP contribution in [0.5, 0.6) is 5.75 Å². The lowest BCUT2D eigenvalue weighted by Gasteiger charge is -2.39. The Kier molecular flexibility index (Phi) is 4.07. The molecule has 0 saturated carbocycles. The standard InChI is InChI=1S/C24H16ClFN4O/c25-15-10-11-19-17(12-15)21-20(23(31-19)14-6-2-1-3-7-14)22(16-8-4-5-9-18(16)26)30-24(29-21)27-13-28-30/h1-13,22-23H,(H,27,28,29)/t22-,23-/m1/s1. The predicted octanol–water partition coefficient (Wildman–Crippen LogP) is 5.63. The second-order valence-electron chi connectivity index (χ2n) is 7.46. The molecule has 0 bridgehead atoms. The molecule has 0 saturated heterocycles. The van der Waals surface area contributed by atoms with Crippen LogP contribution in [0.2, 0.25) is 5.02 Å². The van der Waals surface area contributed by atoms with Crippen LogP contribution in [-0.4, -0.2) is 14.8 Å². The van der Waals surface area contributed by atoms with Crippen LogP contribution in [-0.2, 0) is 0 Å². The van der Waals surface area contributed by atoms with E-state index in [2.05, 4.69) is 15.4 Å². The maximum atomic E-state index is 15.1. The van der Waals surface area contributed by atoms with Crippen LogP contribution in [0, 0.1) is 5.82 Å². The molecule has 3 heterocycles. The first-order valence-electron chi connectivity index (χ1n) is 9.87. The molecule has 0 aliphatic carbocycles. The average molecular weight is 431 g/mol. The highest BCUT2D eigenvalue weighted by Crippen LogP contribution is 2.51. The summed E-state index contributed by atoms with van der Waals surface area (Å²) in [6, 6.07) is 21.6. The number of benzene rings is 3. The number of halogens is 2. The molecule has 0 unspecified atom stereocenters. The summed E-state index contributed by atoms with van der Waals surface area (Å²) >= 11 is 6.32. The Hall–Kier alpha value is -3.64. The van der Waals surface area contributed by atoms with Crippen molar-refractivity contribution in [3.8, 4) is 5.75 Å². The largest absolute Gasteiger partial charge is 0.480 e. The van der Waals surface area contributed by atoms with E-state index in [0.717, 1.165) is 22.4 Å². The molecule has 31 heavy (non-hydrogen) atoms. The van der Waals surface area contributed by atoms with Gasteiger partial charge in [0.05, 0.1) is 5.70 Å². The van der Waals surface area contributed by atoms with Crippen molar-refractivity contribution in [1.82, 2.24) is 14.8 Å². The number of nitrogens with one attached hydrogen (secondary N) is 1. The van der Waals surface area contributed by atoms with Gasteiger partial charge in [-0.15, -0.1) is 0 Å². The minimum absolute atomic E-state index is 0.314. The third-order valence-electron chi connectivity index (χ3n) is 5.68. The monoisotopic (exact) mass is 430 g/mol. The van der Waals surface area contributed by atoms with Gasteiger partial charge in [-0.3, -0.25) is 0 Å². The highest BCUT2D eigenvalue weighted by molar-refractivity contribution is 6.30. The van der Waals surface area contributed by atoms with Crippen LogP contribution in [0.4, 0.5) is 10.3 Å². The quantitative estimate of drug-likeness (QED) is 0.447. The maximum Gasteiger partial charge on any atom is 0.226 e. The van der Waals surface area contributed by atoms with Crippen LogP contribution < -0.4 is 10.1 Å². The third kappa shape index (κ3) is 2.83. The van der Waals surface area contributed by atoms with Crippen molar-refractivity contribution in [2.45, 2.75) is 12.1 Å². The van der Waals surface area contributed by atoms with Crippen molar-refractivity contribution in [1.29, 1.82) is 0 Å². The molecule has 0 spiro atoms. The lowest BCUT2D eigenvalue weighted by molar-refractivity contribution is 0.222. The van der Waals surface area contributed by atoms with Gasteiger partial charge in [0.25, 0.3) is 0 Å². The molecule has 0 amide bonds. The minimum atomic E-state index is -0.535. The Morgan fingerprint density at radius 3 is 2.65 bits per heavy atom. The molecule has 0 radical (unpaired) electrons. The second-order valence-corrected chi connectivity index (χ2v) is 7.89. The number of fused-ring (bicyclic) bond motifs is 3. The molecular formula is C24H16ClFN4O. The highest BCUT2D eigenvalue weighted by Gasteiger charge is 2.41. The normalized spacial score (nSPS) is 19.0. The molecule has 5 nitrogen and oxygen atoms in total. The zero-order valence-corrected chi connectivity index (χ0v) is 16.9. The van der Waals surface area contributed by atoms with Crippen molar-refractivity contribution < 1.29 is 9.13 Å². The molecule has 2 aliphatic rings. The lowest BCUT2D eigenvalue weighted by Crippen LogP contribution is -2.32. The summed E-state index contributed by atoms with van der Waals surface area (Å²) in [6.45, 7) is 0. The number of rotatable bonds is 2. The summed E-state index contributed by atoms with van der Waals surface area (Å²) in [4.78, 5) is 4.36. The van der Waals surface area contributed by atoms with E-state index in [4.69, 9.17) is 16.3 Å². The molecule has 3 aromatic carbocycles. The number of aromatic nitrogens is 3.